The molecule has 1 atom stereocenters. The summed E-state index contributed by atoms with van der Waals surface area (Å²) in [5.74, 6) is 0.471. The van der Waals surface area contributed by atoms with Crippen molar-refractivity contribution in [3.63, 3.8) is 0 Å². The Kier molecular flexibility index (Phi) is 5.16. The Labute approximate surface area is 124 Å². The normalized spacial score (nSPS) is 17.7. The van der Waals surface area contributed by atoms with E-state index < -0.39 is 0 Å². The summed E-state index contributed by atoms with van der Waals surface area (Å²) < 4.78 is 11.1. The molecule has 108 valence electrons. The molecule has 1 aromatic rings. The van der Waals surface area contributed by atoms with E-state index in [-0.39, 0.29) is 12.1 Å². The summed E-state index contributed by atoms with van der Waals surface area (Å²) in [5, 5.41) is 0. The lowest BCUT2D eigenvalue weighted by atomic mass is 10.0. The van der Waals surface area contributed by atoms with Gasteiger partial charge >= 0.3 is 5.97 Å². The molecule has 1 aromatic carbocycles. The van der Waals surface area contributed by atoms with Crippen molar-refractivity contribution in [2.75, 3.05) is 6.61 Å². The van der Waals surface area contributed by atoms with Crippen molar-refractivity contribution in [1.29, 1.82) is 0 Å². The first-order valence-electron chi connectivity index (χ1n) is 6.78. The van der Waals surface area contributed by atoms with Crippen molar-refractivity contribution in [1.82, 2.24) is 0 Å². The molecule has 0 saturated heterocycles. The van der Waals surface area contributed by atoms with Gasteiger partial charge in [-0.25, -0.2) is 4.79 Å². The van der Waals surface area contributed by atoms with E-state index in [1.807, 2.05) is 24.3 Å². The van der Waals surface area contributed by atoms with E-state index in [4.69, 9.17) is 9.47 Å². The maximum Gasteiger partial charge on any atom is 0.338 e. The zero-order valence-corrected chi connectivity index (χ0v) is 11.8. The van der Waals surface area contributed by atoms with E-state index in [0.29, 0.717) is 18.6 Å². The van der Waals surface area contributed by atoms with E-state index >= 15 is 0 Å². The molecule has 0 amide bonds. The van der Waals surface area contributed by atoms with Crippen molar-refractivity contribution in [3.8, 4) is 5.75 Å². The van der Waals surface area contributed by atoms with Gasteiger partial charge in [0.25, 0.3) is 0 Å². The molecule has 0 spiro atoms. The lowest BCUT2D eigenvalue weighted by molar-refractivity contribution is -0.145. The molecule has 0 N–H and O–H groups in total. The van der Waals surface area contributed by atoms with Crippen molar-refractivity contribution in [2.24, 2.45) is 0 Å². The molecule has 0 radical (unpaired) electrons. The van der Waals surface area contributed by atoms with Gasteiger partial charge in [-0.2, -0.15) is 0 Å². The third-order valence-corrected chi connectivity index (χ3v) is 3.06. The quantitative estimate of drug-likeness (QED) is 0.472. The van der Waals surface area contributed by atoms with Crippen LogP contribution in [-0.4, -0.2) is 18.7 Å². The molecule has 0 aromatic heterocycles. The number of allylic oxidation sites excluding steroid dienone is 4. The molecule has 0 unspecified atom stereocenters. The Balaban J connectivity index is 2.03. The van der Waals surface area contributed by atoms with Gasteiger partial charge < -0.3 is 9.47 Å². The van der Waals surface area contributed by atoms with Crippen LogP contribution in [0, 0.1) is 0 Å². The van der Waals surface area contributed by atoms with Gasteiger partial charge in [0.1, 0.15) is 18.5 Å². The molecule has 21 heavy (non-hydrogen) atoms. The highest BCUT2D eigenvalue weighted by Gasteiger charge is 2.23. The highest BCUT2D eigenvalue weighted by molar-refractivity contribution is 5.92. The van der Waals surface area contributed by atoms with Crippen LogP contribution in [0.4, 0.5) is 0 Å². The number of carbonyl (C=O) groups is 1. The minimum Gasteiger partial charge on any atom is -0.489 e. The monoisotopic (exact) mass is 282 g/mol. The molecule has 3 heteroatoms. The summed E-state index contributed by atoms with van der Waals surface area (Å²) in [5.41, 5.74) is 1.49. The predicted octanol–water partition coefficient (Wildman–Crippen LogP) is 3.39. The fourth-order valence-corrected chi connectivity index (χ4v) is 2.09. The van der Waals surface area contributed by atoms with E-state index in [1.165, 1.54) is 0 Å². The summed E-state index contributed by atoms with van der Waals surface area (Å²) in [6, 6.07) is 7.77. The van der Waals surface area contributed by atoms with Gasteiger partial charge in [-0.1, -0.05) is 49.6 Å². The summed E-state index contributed by atoms with van der Waals surface area (Å²) in [4.78, 5) is 12.1. The number of fused-ring (bicyclic) bond motifs is 1. The lowest BCUT2D eigenvalue weighted by Gasteiger charge is -2.25. The molecule has 0 bridgehead atoms. The van der Waals surface area contributed by atoms with Gasteiger partial charge in [-0.15, -0.1) is 0 Å². The van der Waals surface area contributed by atoms with E-state index in [9.17, 15) is 4.79 Å². The Morgan fingerprint density at radius 3 is 2.86 bits per heavy atom. The smallest absolute Gasteiger partial charge is 0.338 e. The van der Waals surface area contributed by atoms with Crippen molar-refractivity contribution in [2.45, 2.75) is 12.5 Å². The lowest BCUT2D eigenvalue weighted by Crippen LogP contribution is -2.31. The molecule has 0 saturated carbocycles. The zero-order chi connectivity index (χ0) is 15.1. The van der Waals surface area contributed by atoms with E-state index in [2.05, 4.69) is 13.2 Å². The topological polar surface area (TPSA) is 35.5 Å². The Hall–Kier alpha value is -2.55. The minimum atomic E-state index is -0.388. The van der Waals surface area contributed by atoms with Gasteiger partial charge in [0.2, 0.25) is 0 Å². The van der Waals surface area contributed by atoms with Crippen LogP contribution in [0.1, 0.15) is 5.56 Å². The Morgan fingerprint density at radius 1 is 1.29 bits per heavy atom. The number of carbonyl (C=O) groups excluding carboxylic acids is 1. The average Bonchev–Trinajstić information content (AvgIpc) is 2.51. The summed E-state index contributed by atoms with van der Waals surface area (Å²) in [6.45, 7) is 7.55. The van der Waals surface area contributed by atoms with Crippen LogP contribution in [0.2, 0.25) is 0 Å². The highest BCUT2D eigenvalue weighted by atomic mass is 16.6. The molecule has 3 nitrogen and oxygen atoms in total. The second-order valence-electron chi connectivity index (χ2n) is 4.60. The zero-order valence-electron chi connectivity index (χ0n) is 11.8. The number of esters is 1. The SMILES string of the molecule is C=C/C=C\C(=C/C=C)C(=O)O[C@H]1COc2ccccc2C1. The average molecular weight is 282 g/mol. The molecule has 0 aliphatic carbocycles. The third-order valence-electron chi connectivity index (χ3n) is 3.06. The molecular weight excluding hydrogens is 264 g/mol. The number of ether oxygens (including phenoxy) is 2. The fraction of sp³-hybridized carbons (Fsp3) is 0.167. The summed E-state index contributed by atoms with van der Waals surface area (Å²) in [7, 11) is 0. The maximum absolute atomic E-state index is 12.1. The van der Waals surface area contributed by atoms with Crippen LogP contribution in [0.15, 0.2) is 73.4 Å². The van der Waals surface area contributed by atoms with Crippen molar-refractivity contribution < 1.29 is 14.3 Å². The largest absolute Gasteiger partial charge is 0.489 e. The second kappa shape index (κ2) is 7.29. The third kappa shape index (κ3) is 3.96. The summed E-state index contributed by atoms with van der Waals surface area (Å²) >= 11 is 0. The van der Waals surface area contributed by atoms with Gasteiger partial charge in [-0.3, -0.25) is 0 Å². The standard InChI is InChI=1S/C18H18O3/c1-3-5-9-14(8-4-2)18(19)21-16-12-15-10-6-7-11-17(15)20-13-16/h3-11,16H,1-2,12-13H2/b9-5-,14-8+/t16-/m1/s1. The van der Waals surface area contributed by atoms with Crippen molar-refractivity contribution in [3.05, 3.63) is 78.9 Å². The first-order chi connectivity index (χ1) is 10.2. The fourth-order valence-electron chi connectivity index (χ4n) is 2.09. The molecule has 0 fully saturated rings. The van der Waals surface area contributed by atoms with Gasteiger partial charge in [0.05, 0.1) is 5.57 Å². The minimum absolute atomic E-state index is 0.280. The van der Waals surface area contributed by atoms with E-state index in [1.54, 1.807) is 30.4 Å². The predicted molar refractivity (Wildman–Crippen MR) is 83.1 cm³/mol. The second-order valence-corrected chi connectivity index (χ2v) is 4.60. The maximum atomic E-state index is 12.1. The first-order valence-corrected chi connectivity index (χ1v) is 6.78. The number of hydrogen-bond acceptors (Lipinski definition) is 3. The van der Waals surface area contributed by atoms with E-state index in [0.717, 1.165) is 11.3 Å². The molecular formula is C18H18O3. The van der Waals surface area contributed by atoms with Gasteiger partial charge in [0.15, 0.2) is 0 Å². The number of para-hydroxylation sites is 1. The van der Waals surface area contributed by atoms with Crippen LogP contribution in [0.25, 0.3) is 0 Å². The molecule has 1 aliphatic rings. The van der Waals surface area contributed by atoms with Crippen LogP contribution >= 0.6 is 0 Å². The summed E-state index contributed by atoms with van der Waals surface area (Å²) in [6.07, 6.45) is 8.48. The van der Waals surface area contributed by atoms with Crippen LogP contribution in [0.3, 0.4) is 0 Å². The van der Waals surface area contributed by atoms with Crippen LogP contribution < -0.4 is 4.74 Å². The molecule has 2 rings (SSSR count). The number of hydrogen-bond donors (Lipinski definition) is 0. The van der Waals surface area contributed by atoms with Crippen LogP contribution in [-0.2, 0) is 16.0 Å². The van der Waals surface area contributed by atoms with Gasteiger partial charge in [-0.05, 0) is 23.8 Å². The Morgan fingerprint density at radius 2 is 2.10 bits per heavy atom. The molecule has 1 heterocycles. The van der Waals surface area contributed by atoms with Crippen LogP contribution in [0.5, 0.6) is 5.75 Å². The first kappa shape index (κ1) is 14.9. The number of benzene rings is 1. The van der Waals surface area contributed by atoms with Crippen molar-refractivity contribution >= 4 is 5.97 Å². The highest BCUT2D eigenvalue weighted by Crippen LogP contribution is 2.25. The Bertz CT molecular complexity index is 596. The number of rotatable bonds is 5. The molecule has 1 aliphatic heterocycles. The van der Waals surface area contributed by atoms with Gasteiger partial charge in [0, 0.05) is 6.42 Å².